The van der Waals surface area contributed by atoms with Crippen LogP contribution in [0.2, 0.25) is 0 Å². The summed E-state index contributed by atoms with van der Waals surface area (Å²) in [7, 11) is 0. The van der Waals surface area contributed by atoms with Crippen molar-refractivity contribution in [3.8, 4) is 16.9 Å². The maximum atomic E-state index is 5.67. The largest absolute Gasteiger partial charge is 0.384 e. The second kappa shape index (κ2) is 3.75. The van der Waals surface area contributed by atoms with Crippen molar-refractivity contribution in [2.24, 2.45) is 0 Å². The van der Waals surface area contributed by atoms with E-state index in [4.69, 9.17) is 5.73 Å². The monoisotopic (exact) mass is 226 g/mol. The van der Waals surface area contributed by atoms with E-state index < -0.39 is 0 Å². The number of rotatable bonds is 2. The summed E-state index contributed by atoms with van der Waals surface area (Å²) in [5.41, 5.74) is 8.51. The predicted octanol–water partition coefficient (Wildman–Crippen LogP) is 1.24. The van der Waals surface area contributed by atoms with E-state index in [0.29, 0.717) is 5.82 Å². The van der Waals surface area contributed by atoms with Crippen LogP contribution >= 0.6 is 0 Å². The Morgan fingerprint density at radius 1 is 1.29 bits per heavy atom. The molecule has 0 fully saturated rings. The molecular weight excluding hydrogens is 216 g/mol. The Labute approximate surface area is 97.1 Å². The highest BCUT2D eigenvalue weighted by atomic mass is 15.1. The number of anilines is 1. The summed E-state index contributed by atoms with van der Waals surface area (Å²) in [6.45, 7) is 0. The van der Waals surface area contributed by atoms with E-state index >= 15 is 0 Å². The van der Waals surface area contributed by atoms with Crippen molar-refractivity contribution in [2.75, 3.05) is 5.73 Å². The molecule has 6 heteroatoms. The predicted molar refractivity (Wildman–Crippen MR) is 63.4 cm³/mol. The van der Waals surface area contributed by atoms with Gasteiger partial charge in [-0.15, -0.1) is 0 Å². The number of H-pyrrole nitrogens is 1. The number of nitrogens with two attached hydrogens (primary N) is 1. The van der Waals surface area contributed by atoms with Crippen LogP contribution in [-0.4, -0.2) is 24.7 Å². The Kier molecular flexibility index (Phi) is 2.11. The third kappa shape index (κ3) is 1.65. The van der Waals surface area contributed by atoms with Gasteiger partial charge in [-0.05, 0) is 12.1 Å². The average molecular weight is 226 g/mol. The highest BCUT2D eigenvalue weighted by Gasteiger charge is 2.07. The number of pyridine rings is 1. The van der Waals surface area contributed by atoms with Crippen LogP contribution in [0.25, 0.3) is 16.9 Å². The van der Waals surface area contributed by atoms with E-state index in [9.17, 15) is 0 Å². The summed E-state index contributed by atoms with van der Waals surface area (Å²) >= 11 is 0. The fraction of sp³-hybridized carbons (Fsp3) is 0. The normalized spacial score (nSPS) is 10.6. The molecule has 0 amide bonds. The molecule has 3 N–H and O–H groups in total. The molecule has 3 rings (SSSR count). The van der Waals surface area contributed by atoms with Gasteiger partial charge in [-0.25, -0.2) is 9.97 Å². The van der Waals surface area contributed by atoms with Crippen molar-refractivity contribution >= 4 is 5.82 Å². The van der Waals surface area contributed by atoms with E-state index in [1.54, 1.807) is 31.1 Å². The van der Waals surface area contributed by atoms with Gasteiger partial charge in [0.25, 0.3) is 0 Å². The Balaban J connectivity index is 2.14. The fourth-order valence-electron chi connectivity index (χ4n) is 1.70. The first-order valence-corrected chi connectivity index (χ1v) is 5.08. The lowest BCUT2D eigenvalue weighted by molar-refractivity contribution is 1.06. The lowest BCUT2D eigenvalue weighted by Crippen LogP contribution is -1.95. The Hall–Kier alpha value is -2.63. The Morgan fingerprint density at radius 3 is 3.00 bits per heavy atom. The van der Waals surface area contributed by atoms with Gasteiger partial charge in [-0.3, -0.25) is 9.67 Å². The second-order valence-corrected chi connectivity index (χ2v) is 3.57. The lowest BCUT2D eigenvalue weighted by atomic mass is 10.2. The third-order valence-corrected chi connectivity index (χ3v) is 2.48. The van der Waals surface area contributed by atoms with Gasteiger partial charge < -0.3 is 5.73 Å². The number of aromatic nitrogens is 5. The summed E-state index contributed by atoms with van der Waals surface area (Å²) in [5.74, 6) is 0.488. The Bertz CT molecular complexity index is 625. The van der Waals surface area contributed by atoms with E-state index in [0.717, 1.165) is 16.9 Å². The first-order chi connectivity index (χ1) is 8.34. The standard InChI is InChI=1S/C11H10N6/c12-11-3-8(1-2-14-11)10-6-13-7-17(10)9-4-15-16-5-9/h1-7H,(H2,12,14)(H,15,16). The second-order valence-electron chi connectivity index (χ2n) is 3.57. The minimum atomic E-state index is 0.488. The Morgan fingerprint density at radius 2 is 2.24 bits per heavy atom. The van der Waals surface area contributed by atoms with Crippen LogP contribution in [0, 0.1) is 0 Å². The molecule has 0 spiro atoms. The number of aromatic amines is 1. The zero-order chi connectivity index (χ0) is 11.7. The molecule has 3 aromatic rings. The molecule has 0 unspecified atom stereocenters. The van der Waals surface area contributed by atoms with Gasteiger partial charge in [0, 0.05) is 18.0 Å². The molecule has 0 aliphatic rings. The maximum absolute atomic E-state index is 5.67. The molecule has 0 saturated carbocycles. The quantitative estimate of drug-likeness (QED) is 0.688. The summed E-state index contributed by atoms with van der Waals surface area (Å²) in [6.07, 6.45) is 8.72. The van der Waals surface area contributed by atoms with Crippen LogP contribution in [0.15, 0.2) is 43.2 Å². The van der Waals surface area contributed by atoms with Crippen molar-refractivity contribution in [3.05, 3.63) is 43.2 Å². The molecule has 17 heavy (non-hydrogen) atoms. The number of nitrogen functional groups attached to an aromatic ring is 1. The molecule has 0 radical (unpaired) electrons. The number of hydrogen-bond acceptors (Lipinski definition) is 4. The van der Waals surface area contributed by atoms with Crippen LogP contribution in [0.4, 0.5) is 5.82 Å². The molecule has 0 aliphatic carbocycles. The third-order valence-electron chi connectivity index (χ3n) is 2.48. The van der Waals surface area contributed by atoms with Crippen LogP contribution < -0.4 is 5.73 Å². The van der Waals surface area contributed by atoms with Gasteiger partial charge in [0.15, 0.2) is 0 Å². The minimum Gasteiger partial charge on any atom is -0.384 e. The molecule has 0 aliphatic heterocycles. The first-order valence-electron chi connectivity index (χ1n) is 5.08. The van der Waals surface area contributed by atoms with Crippen LogP contribution in [0.1, 0.15) is 0 Å². The number of imidazole rings is 1. The first kappa shape index (κ1) is 9.59. The molecule has 3 heterocycles. The molecule has 0 atom stereocenters. The summed E-state index contributed by atoms with van der Waals surface area (Å²) in [5, 5.41) is 6.69. The van der Waals surface area contributed by atoms with E-state index in [2.05, 4.69) is 20.2 Å². The van der Waals surface area contributed by atoms with Crippen LogP contribution in [-0.2, 0) is 0 Å². The zero-order valence-electron chi connectivity index (χ0n) is 8.91. The smallest absolute Gasteiger partial charge is 0.123 e. The molecule has 3 aromatic heterocycles. The molecule has 0 bridgehead atoms. The molecule has 84 valence electrons. The van der Waals surface area contributed by atoms with Gasteiger partial charge in [0.2, 0.25) is 0 Å². The average Bonchev–Trinajstić information content (AvgIpc) is 3.00. The summed E-state index contributed by atoms with van der Waals surface area (Å²) < 4.78 is 1.93. The highest BCUT2D eigenvalue weighted by molar-refractivity contribution is 5.63. The fourth-order valence-corrected chi connectivity index (χ4v) is 1.70. The lowest BCUT2D eigenvalue weighted by Gasteiger charge is -2.05. The van der Waals surface area contributed by atoms with Crippen LogP contribution in [0.3, 0.4) is 0 Å². The topological polar surface area (TPSA) is 85.4 Å². The molecule has 0 aromatic carbocycles. The highest BCUT2D eigenvalue weighted by Crippen LogP contribution is 2.22. The van der Waals surface area contributed by atoms with Crippen molar-refractivity contribution in [3.63, 3.8) is 0 Å². The van der Waals surface area contributed by atoms with Gasteiger partial charge >= 0.3 is 0 Å². The van der Waals surface area contributed by atoms with Crippen molar-refractivity contribution in [1.29, 1.82) is 0 Å². The van der Waals surface area contributed by atoms with Crippen molar-refractivity contribution < 1.29 is 0 Å². The SMILES string of the molecule is Nc1cc(-c2cncn2-c2cn[nH]c2)ccn1. The number of nitrogens with zero attached hydrogens (tertiary/aromatic N) is 4. The minimum absolute atomic E-state index is 0.488. The van der Waals surface area contributed by atoms with Gasteiger partial charge in [-0.1, -0.05) is 0 Å². The van der Waals surface area contributed by atoms with Gasteiger partial charge in [0.1, 0.15) is 5.82 Å². The van der Waals surface area contributed by atoms with Crippen molar-refractivity contribution in [1.82, 2.24) is 24.7 Å². The maximum Gasteiger partial charge on any atom is 0.123 e. The van der Waals surface area contributed by atoms with E-state index in [1.165, 1.54) is 0 Å². The summed E-state index contributed by atoms with van der Waals surface area (Å²) in [6, 6.07) is 3.71. The summed E-state index contributed by atoms with van der Waals surface area (Å²) in [4.78, 5) is 8.12. The van der Waals surface area contributed by atoms with E-state index in [-0.39, 0.29) is 0 Å². The zero-order valence-corrected chi connectivity index (χ0v) is 8.91. The van der Waals surface area contributed by atoms with Crippen LogP contribution in [0.5, 0.6) is 0 Å². The van der Waals surface area contributed by atoms with E-state index in [1.807, 2.05) is 16.7 Å². The molecule has 6 nitrogen and oxygen atoms in total. The van der Waals surface area contributed by atoms with Gasteiger partial charge in [-0.2, -0.15) is 5.10 Å². The van der Waals surface area contributed by atoms with Crippen molar-refractivity contribution in [2.45, 2.75) is 0 Å². The number of nitrogens with one attached hydrogen (secondary N) is 1. The van der Waals surface area contributed by atoms with Gasteiger partial charge in [0.05, 0.1) is 30.1 Å². The molecular formula is C11H10N6. The molecule has 0 saturated heterocycles. The number of hydrogen-bond donors (Lipinski definition) is 2.